The summed E-state index contributed by atoms with van der Waals surface area (Å²) in [4.78, 5) is 30.5. The summed E-state index contributed by atoms with van der Waals surface area (Å²) in [6, 6.07) is 11.5. The van der Waals surface area contributed by atoms with Crippen molar-refractivity contribution in [3.63, 3.8) is 0 Å². The molecule has 4 rings (SSSR count). The van der Waals surface area contributed by atoms with Gasteiger partial charge in [0.05, 0.1) is 24.8 Å². The number of para-hydroxylation sites is 1. The van der Waals surface area contributed by atoms with E-state index in [-0.39, 0.29) is 23.6 Å². The Morgan fingerprint density at radius 2 is 1.78 bits per heavy atom. The number of fused-ring (bicyclic) bond motifs is 1. The Labute approximate surface area is 182 Å². The molecular formula is C23H22F3N3O3. The minimum atomic E-state index is -4.42. The number of hydrogen-bond donors (Lipinski definition) is 2. The average molecular weight is 445 g/mol. The minimum absolute atomic E-state index is 0.0168. The van der Waals surface area contributed by atoms with E-state index in [0.29, 0.717) is 42.8 Å². The number of hydrogen-bond acceptors (Lipinski definition) is 4. The van der Waals surface area contributed by atoms with Crippen LogP contribution < -0.4 is 10.7 Å². The Balaban J connectivity index is 1.56. The van der Waals surface area contributed by atoms with Gasteiger partial charge in [0.2, 0.25) is 5.43 Å². The molecule has 2 heterocycles. The number of benzene rings is 2. The largest absolute Gasteiger partial charge is 0.416 e. The Morgan fingerprint density at radius 3 is 2.47 bits per heavy atom. The van der Waals surface area contributed by atoms with Crippen molar-refractivity contribution in [2.45, 2.75) is 12.2 Å². The highest BCUT2D eigenvalue weighted by molar-refractivity contribution is 5.97. The fraction of sp³-hybridized carbons (Fsp3) is 0.304. The number of aromatic amines is 1. The van der Waals surface area contributed by atoms with E-state index in [0.717, 1.165) is 12.1 Å². The molecule has 6 nitrogen and oxygen atoms in total. The zero-order valence-corrected chi connectivity index (χ0v) is 17.1. The molecule has 2 aromatic carbocycles. The molecule has 1 aliphatic rings. The number of nitrogens with one attached hydrogen (secondary N) is 2. The van der Waals surface area contributed by atoms with Crippen molar-refractivity contribution in [2.75, 3.05) is 32.8 Å². The van der Waals surface area contributed by atoms with E-state index >= 15 is 0 Å². The van der Waals surface area contributed by atoms with Crippen molar-refractivity contribution in [2.24, 2.45) is 0 Å². The first kappa shape index (κ1) is 22.0. The number of nitrogens with zero attached hydrogens (tertiary/aromatic N) is 1. The standard InChI is InChI=1S/C23H22F3N3O3/c24-23(25,26)16-7-5-15(6-8-16)20(29-9-11-32-12-10-29)14-28-22(31)18-13-27-19-4-2-1-3-17(19)21(18)30/h1-8,13,20H,9-12,14H2,(H,27,30)(H,28,31). The van der Waals surface area contributed by atoms with Crippen molar-refractivity contribution in [1.82, 2.24) is 15.2 Å². The number of H-pyrrole nitrogens is 1. The Kier molecular flexibility index (Phi) is 6.29. The van der Waals surface area contributed by atoms with E-state index in [1.54, 1.807) is 24.3 Å². The first-order chi connectivity index (χ1) is 15.3. The lowest BCUT2D eigenvalue weighted by atomic mass is 10.0. The smallest absolute Gasteiger partial charge is 0.379 e. The molecule has 1 saturated heterocycles. The lowest BCUT2D eigenvalue weighted by molar-refractivity contribution is -0.137. The molecule has 1 atom stereocenters. The van der Waals surface area contributed by atoms with Crippen molar-refractivity contribution < 1.29 is 22.7 Å². The van der Waals surface area contributed by atoms with Crippen LogP contribution in [0.3, 0.4) is 0 Å². The van der Waals surface area contributed by atoms with Gasteiger partial charge in [-0.25, -0.2) is 0 Å². The van der Waals surface area contributed by atoms with Crippen LogP contribution in [0.15, 0.2) is 59.5 Å². The molecule has 1 amide bonds. The van der Waals surface area contributed by atoms with E-state index in [2.05, 4.69) is 15.2 Å². The third-order valence-corrected chi connectivity index (χ3v) is 5.60. The lowest BCUT2D eigenvalue weighted by Crippen LogP contribution is -2.44. The summed E-state index contributed by atoms with van der Waals surface area (Å²) in [6.45, 7) is 2.29. The Bertz CT molecular complexity index is 1150. The Morgan fingerprint density at radius 1 is 1.09 bits per heavy atom. The molecule has 2 N–H and O–H groups in total. The number of morpholine rings is 1. The van der Waals surface area contributed by atoms with Crippen LogP contribution in [-0.2, 0) is 10.9 Å². The van der Waals surface area contributed by atoms with Gasteiger partial charge in [0.1, 0.15) is 5.56 Å². The maximum atomic E-state index is 12.9. The first-order valence-electron chi connectivity index (χ1n) is 10.2. The number of carbonyl (C=O) groups is 1. The summed E-state index contributed by atoms with van der Waals surface area (Å²) in [5.41, 5.74) is 0.150. The van der Waals surface area contributed by atoms with E-state index < -0.39 is 17.6 Å². The maximum Gasteiger partial charge on any atom is 0.416 e. The zero-order chi connectivity index (χ0) is 22.7. The van der Waals surface area contributed by atoms with Gasteiger partial charge in [-0.05, 0) is 29.8 Å². The van der Waals surface area contributed by atoms with Crippen LogP contribution in [0, 0.1) is 0 Å². The molecule has 1 aliphatic heterocycles. The molecule has 3 aromatic rings. The van der Waals surface area contributed by atoms with Crippen molar-refractivity contribution in [3.8, 4) is 0 Å². The van der Waals surface area contributed by atoms with E-state index in [4.69, 9.17) is 4.74 Å². The second-order valence-electron chi connectivity index (χ2n) is 7.57. The van der Waals surface area contributed by atoms with Crippen LogP contribution in [0.1, 0.15) is 27.5 Å². The van der Waals surface area contributed by atoms with Gasteiger partial charge in [0.25, 0.3) is 5.91 Å². The molecule has 0 spiro atoms. The fourth-order valence-corrected chi connectivity index (χ4v) is 3.86. The number of rotatable bonds is 5. The second kappa shape index (κ2) is 9.13. The molecule has 0 radical (unpaired) electrons. The normalized spacial score (nSPS) is 16.1. The lowest BCUT2D eigenvalue weighted by Gasteiger charge is -2.35. The summed E-state index contributed by atoms with van der Waals surface area (Å²) in [5, 5.41) is 3.19. The molecule has 1 aromatic heterocycles. The van der Waals surface area contributed by atoms with Crippen LogP contribution in [0.5, 0.6) is 0 Å². The van der Waals surface area contributed by atoms with Gasteiger partial charge in [-0.3, -0.25) is 14.5 Å². The molecule has 9 heteroatoms. The minimum Gasteiger partial charge on any atom is -0.379 e. The highest BCUT2D eigenvalue weighted by atomic mass is 19.4. The van der Waals surface area contributed by atoms with Crippen LogP contribution in [-0.4, -0.2) is 48.6 Å². The van der Waals surface area contributed by atoms with Gasteiger partial charge in [0.15, 0.2) is 0 Å². The van der Waals surface area contributed by atoms with Crippen LogP contribution in [0.4, 0.5) is 13.2 Å². The van der Waals surface area contributed by atoms with Crippen molar-refractivity contribution in [1.29, 1.82) is 0 Å². The number of ether oxygens (including phenoxy) is 1. The summed E-state index contributed by atoms with van der Waals surface area (Å²) >= 11 is 0. The molecule has 1 unspecified atom stereocenters. The number of pyridine rings is 1. The van der Waals surface area contributed by atoms with Gasteiger partial charge < -0.3 is 15.0 Å². The van der Waals surface area contributed by atoms with Crippen LogP contribution >= 0.6 is 0 Å². The number of alkyl halides is 3. The SMILES string of the molecule is O=C(NCC(c1ccc(C(F)(F)F)cc1)N1CCOCC1)c1c[nH]c2ccccc2c1=O. The number of amides is 1. The molecule has 32 heavy (non-hydrogen) atoms. The van der Waals surface area contributed by atoms with E-state index in [1.165, 1.54) is 18.3 Å². The van der Waals surface area contributed by atoms with Crippen molar-refractivity contribution >= 4 is 16.8 Å². The van der Waals surface area contributed by atoms with Crippen LogP contribution in [0.25, 0.3) is 10.9 Å². The van der Waals surface area contributed by atoms with Crippen LogP contribution in [0.2, 0.25) is 0 Å². The monoisotopic (exact) mass is 445 g/mol. The van der Waals surface area contributed by atoms with E-state index in [9.17, 15) is 22.8 Å². The third-order valence-electron chi connectivity index (χ3n) is 5.60. The quantitative estimate of drug-likeness (QED) is 0.632. The van der Waals surface area contributed by atoms with Gasteiger partial charge in [0, 0.05) is 36.7 Å². The van der Waals surface area contributed by atoms with Gasteiger partial charge in [-0.2, -0.15) is 13.2 Å². The topological polar surface area (TPSA) is 74.4 Å². The Hall–Kier alpha value is -3.17. The van der Waals surface area contributed by atoms with Gasteiger partial charge in [-0.15, -0.1) is 0 Å². The molecule has 0 saturated carbocycles. The highest BCUT2D eigenvalue weighted by Crippen LogP contribution is 2.31. The molecule has 1 fully saturated rings. The molecule has 0 bridgehead atoms. The number of aromatic nitrogens is 1. The van der Waals surface area contributed by atoms with Gasteiger partial charge >= 0.3 is 6.18 Å². The second-order valence-corrected chi connectivity index (χ2v) is 7.57. The number of halogens is 3. The molecular weight excluding hydrogens is 423 g/mol. The summed E-state index contributed by atoms with van der Waals surface area (Å²) in [5.74, 6) is -0.540. The highest BCUT2D eigenvalue weighted by Gasteiger charge is 2.31. The summed E-state index contributed by atoms with van der Waals surface area (Å²) in [6.07, 6.45) is -3.04. The first-order valence-corrected chi connectivity index (χ1v) is 10.2. The summed E-state index contributed by atoms with van der Waals surface area (Å²) in [7, 11) is 0. The van der Waals surface area contributed by atoms with E-state index in [1.807, 2.05) is 0 Å². The fourth-order valence-electron chi connectivity index (χ4n) is 3.86. The van der Waals surface area contributed by atoms with Crippen molar-refractivity contribution in [3.05, 3.63) is 81.6 Å². The third kappa shape index (κ3) is 4.68. The number of carbonyl (C=O) groups excluding carboxylic acids is 1. The molecule has 168 valence electrons. The molecule has 0 aliphatic carbocycles. The van der Waals surface area contributed by atoms with Gasteiger partial charge in [-0.1, -0.05) is 24.3 Å². The predicted molar refractivity (Wildman–Crippen MR) is 113 cm³/mol. The average Bonchev–Trinajstić information content (AvgIpc) is 2.80. The maximum absolute atomic E-state index is 12.9. The summed E-state index contributed by atoms with van der Waals surface area (Å²) < 4.78 is 44.2. The predicted octanol–water partition coefficient (Wildman–Crippen LogP) is 3.35. The zero-order valence-electron chi connectivity index (χ0n) is 17.1.